The summed E-state index contributed by atoms with van der Waals surface area (Å²) in [6.07, 6.45) is 8.24. The molecule has 0 nitrogen and oxygen atoms in total. The van der Waals surface area contributed by atoms with Gasteiger partial charge in [0.1, 0.15) is 0 Å². The zero-order chi connectivity index (χ0) is 4.41. The van der Waals surface area contributed by atoms with Gasteiger partial charge in [-0.15, -0.1) is 0 Å². The van der Waals surface area contributed by atoms with Crippen LogP contribution in [0, 0.1) is 0 Å². The van der Waals surface area contributed by atoms with Crippen molar-refractivity contribution in [1.29, 1.82) is 0 Å². The van der Waals surface area contributed by atoms with Crippen molar-refractivity contribution >= 4 is 20.4 Å². The van der Waals surface area contributed by atoms with Gasteiger partial charge in [0.2, 0.25) is 0 Å². The van der Waals surface area contributed by atoms with Gasteiger partial charge in [0.15, 0.2) is 0 Å². The first-order valence-electron chi connectivity index (χ1n) is 1.83. The van der Waals surface area contributed by atoms with E-state index < -0.39 is 0 Å². The van der Waals surface area contributed by atoms with Gasteiger partial charge in [-0.1, -0.05) is 0 Å². The molecule has 0 aromatic rings. The Morgan fingerprint density at radius 2 is 1.67 bits per heavy atom. The van der Waals surface area contributed by atoms with Gasteiger partial charge in [0, 0.05) is 0 Å². The quantitative estimate of drug-likeness (QED) is 0.425. The Morgan fingerprint density at radius 3 is 1.83 bits per heavy atom. The second-order valence-corrected chi connectivity index (χ2v) is 2.38. The molecule has 6 heavy (non-hydrogen) atoms. The molecule has 0 fully saturated rings. The molecule has 1 heteroatoms. The third-order valence-electron chi connectivity index (χ3n) is 0.663. The summed E-state index contributed by atoms with van der Waals surface area (Å²) in [4.78, 5) is 0. The Labute approximate surface area is 45.3 Å². The molecular formula is C5H4Ge. The molecule has 28 valence electrons. The van der Waals surface area contributed by atoms with E-state index in [0.717, 1.165) is 0 Å². The third kappa shape index (κ3) is 0.686. The molecule has 0 bridgehead atoms. The molecule has 0 heterocycles. The van der Waals surface area contributed by atoms with Crippen molar-refractivity contribution in [3.63, 3.8) is 0 Å². The van der Waals surface area contributed by atoms with Crippen LogP contribution in [-0.2, 0) is 0 Å². The van der Waals surface area contributed by atoms with E-state index in [-0.39, 0.29) is 0 Å². The third-order valence-corrected chi connectivity index (χ3v) is 1.36. The molecule has 0 N–H and O–H groups in total. The zero-order valence-electron chi connectivity index (χ0n) is 3.31. The normalized spacial score (nSPS) is 17.0. The van der Waals surface area contributed by atoms with Crippen LogP contribution in [0.25, 0.3) is 0 Å². The fourth-order valence-electron chi connectivity index (χ4n) is 0.374. The molecule has 0 saturated heterocycles. The Hall–Kier alpha value is -0.107. The van der Waals surface area contributed by atoms with Gasteiger partial charge >= 0.3 is 44.7 Å². The summed E-state index contributed by atoms with van der Waals surface area (Å²) >= 11 is 2.08. The van der Waals surface area contributed by atoms with Gasteiger partial charge in [-0.2, -0.15) is 0 Å². The van der Waals surface area contributed by atoms with Crippen LogP contribution in [0.15, 0.2) is 24.3 Å². The van der Waals surface area contributed by atoms with Crippen LogP contribution < -0.4 is 0 Å². The van der Waals surface area contributed by atoms with E-state index in [9.17, 15) is 0 Å². The SMILES string of the molecule is [Ge]=[C]1C=CC=C1. The maximum absolute atomic E-state index is 2.08. The van der Waals surface area contributed by atoms with E-state index in [0.29, 0.717) is 0 Å². The van der Waals surface area contributed by atoms with Crippen LogP contribution in [0.4, 0.5) is 0 Å². The van der Waals surface area contributed by atoms with Gasteiger partial charge < -0.3 is 0 Å². The van der Waals surface area contributed by atoms with Crippen LogP contribution in [0.5, 0.6) is 0 Å². The molecule has 0 saturated carbocycles. The van der Waals surface area contributed by atoms with Crippen molar-refractivity contribution in [3.8, 4) is 0 Å². The van der Waals surface area contributed by atoms with Crippen LogP contribution >= 0.6 is 0 Å². The van der Waals surface area contributed by atoms with Gasteiger partial charge in [-0.25, -0.2) is 0 Å². The van der Waals surface area contributed by atoms with E-state index in [2.05, 4.69) is 28.2 Å². The van der Waals surface area contributed by atoms with Crippen LogP contribution in [0.3, 0.4) is 0 Å². The summed E-state index contributed by atoms with van der Waals surface area (Å²) in [5.74, 6) is 0. The van der Waals surface area contributed by atoms with Crippen molar-refractivity contribution in [2.24, 2.45) is 0 Å². The van der Waals surface area contributed by atoms with Gasteiger partial charge in [0.25, 0.3) is 0 Å². The first kappa shape index (κ1) is 4.06. The summed E-state index contributed by atoms with van der Waals surface area (Å²) in [6.45, 7) is 0. The standard InChI is InChI=1S/C5H4Ge/c6-5-3-1-2-4-5/h1-4H. The summed E-state index contributed by atoms with van der Waals surface area (Å²) in [5.41, 5.74) is 0. The van der Waals surface area contributed by atoms with Crippen molar-refractivity contribution in [3.05, 3.63) is 24.3 Å². The predicted molar refractivity (Wildman–Crippen MR) is 29.0 cm³/mol. The van der Waals surface area contributed by atoms with E-state index in [1.54, 1.807) is 0 Å². The topological polar surface area (TPSA) is 0 Å². The second-order valence-electron chi connectivity index (χ2n) is 1.17. The van der Waals surface area contributed by atoms with Gasteiger partial charge in [-0.3, -0.25) is 0 Å². The summed E-state index contributed by atoms with van der Waals surface area (Å²) < 4.78 is 1.34. The molecule has 0 spiro atoms. The first-order chi connectivity index (χ1) is 2.89. The number of hydrogen-bond acceptors (Lipinski definition) is 0. The minimum atomic E-state index is 1.34. The summed E-state index contributed by atoms with van der Waals surface area (Å²) in [7, 11) is 0. The average Bonchev–Trinajstić information content (AvgIpc) is 1.86. The molecule has 0 atom stereocenters. The van der Waals surface area contributed by atoms with Crippen molar-refractivity contribution in [2.75, 3.05) is 0 Å². The Morgan fingerprint density at radius 1 is 1.17 bits per heavy atom. The Bertz CT molecular complexity index is 106. The molecule has 0 unspecified atom stereocenters. The van der Waals surface area contributed by atoms with Crippen LogP contribution in [-0.4, -0.2) is 20.4 Å². The van der Waals surface area contributed by atoms with E-state index in [1.807, 2.05) is 12.2 Å². The zero-order valence-corrected chi connectivity index (χ0v) is 5.41. The number of rotatable bonds is 0. The molecule has 0 aliphatic heterocycles. The molecule has 0 aromatic heterocycles. The molecular weight excluding hydrogens is 133 g/mol. The van der Waals surface area contributed by atoms with Crippen molar-refractivity contribution in [2.45, 2.75) is 0 Å². The predicted octanol–water partition coefficient (Wildman–Crippen LogP) is 0.453. The van der Waals surface area contributed by atoms with Crippen LogP contribution in [0.2, 0.25) is 0 Å². The monoisotopic (exact) mass is 138 g/mol. The molecule has 1 rings (SSSR count). The summed E-state index contributed by atoms with van der Waals surface area (Å²) in [6, 6.07) is 0. The molecule has 1 aliphatic rings. The molecule has 1 aliphatic carbocycles. The van der Waals surface area contributed by atoms with Gasteiger partial charge in [-0.05, 0) is 0 Å². The van der Waals surface area contributed by atoms with Gasteiger partial charge in [0.05, 0.1) is 0 Å². The molecule has 2 radical (unpaired) electrons. The van der Waals surface area contributed by atoms with E-state index in [4.69, 9.17) is 0 Å². The number of hydrogen-bond donors (Lipinski definition) is 0. The fourth-order valence-corrected chi connectivity index (χ4v) is 0.778. The van der Waals surface area contributed by atoms with E-state index in [1.165, 1.54) is 4.35 Å². The number of allylic oxidation sites excluding steroid dienone is 4. The molecule has 0 amide bonds. The fraction of sp³-hybridized carbons (Fsp3) is 0. The Balaban J connectivity index is 2.86. The first-order valence-corrected chi connectivity index (χ1v) is 2.88. The maximum atomic E-state index is 2.08. The summed E-state index contributed by atoms with van der Waals surface area (Å²) in [5, 5.41) is 0. The van der Waals surface area contributed by atoms with Crippen LogP contribution in [0.1, 0.15) is 0 Å². The van der Waals surface area contributed by atoms with Crippen molar-refractivity contribution < 1.29 is 0 Å². The van der Waals surface area contributed by atoms with E-state index >= 15 is 0 Å². The van der Waals surface area contributed by atoms with Crippen molar-refractivity contribution in [1.82, 2.24) is 0 Å². The second kappa shape index (κ2) is 1.56. The Kier molecular flexibility index (Phi) is 1.06. The minimum absolute atomic E-state index is 1.34. The molecule has 0 aromatic carbocycles. The average molecular weight is 137 g/mol.